The molecular formula is C15H17BrF3NO. The molecule has 0 atom stereocenters. The SMILES string of the molecule is O=C(c1ccc(Br)cc1C(F)(F)F)N1CCCCCCC1. The van der Waals surface area contributed by atoms with Crippen LogP contribution in [0.3, 0.4) is 0 Å². The van der Waals surface area contributed by atoms with Crippen molar-refractivity contribution in [3.8, 4) is 0 Å². The highest BCUT2D eigenvalue weighted by Gasteiger charge is 2.36. The highest BCUT2D eigenvalue weighted by molar-refractivity contribution is 9.10. The molecule has 0 spiro atoms. The van der Waals surface area contributed by atoms with Crippen LogP contribution in [0.15, 0.2) is 22.7 Å². The van der Waals surface area contributed by atoms with Gasteiger partial charge >= 0.3 is 6.18 Å². The van der Waals surface area contributed by atoms with Crippen LogP contribution < -0.4 is 0 Å². The normalized spacial score (nSPS) is 17.2. The van der Waals surface area contributed by atoms with Crippen LogP contribution in [0, 0.1) is 0 Å². The van der Waals surface area contributed by atoms with Crippen molar-refractivity contribution >= 4 is 21.8 Å². The average molecular weight is 364 g/mol. The van der Waals surface area contributed by atoms with Crippen LogP contribution in [0.1, 0.15) is 48.0 Å². The second kappa shape index (κ2) is 6.81. The van der Waals surface area contributed by atoms with E-state index in [9.17, 15) is 18.0 Å². The zero-order valence-corrected chi connectivity index (χ0v) is 13.1. The van der Waals surface area contributed by atoms with E-state index in [1.807, 2.05) is 0 Å². The van der Waals surface area contributed by atoms with Gasteiger partial charge in [-0.1, -0.05) is 35.2 Å². The maximum absolute atomic E-state index is 13.1. The summed E-state index contributed by atoms with van der Waals surface area (Å²) in [4.78, 5) is 14.0. The third-order valence-electron chi connectivity index (χ3n) is 3.66. The average Bonchev–Trinajstić information content (AvgIpc) is 2.36. The predicted molar refractivity (Wildman–Crippen MR) is 78.1 cm³/mol. The molecule has 1 saturated heterocycles. The molecule has 1 aliphatic heterocycles. The van der Waals surface area contributed by atoms with Gasteiger partial charge in [-0.25, -0.2) is 0 Å². The Hall–Kier alpha value is -1.04. The van der Waals surface area contributed by atoms with E-state index < -0.39 is 17.6 Å². The largest absolute Gasteiger partial charge is 0.417 e. The zero-order valence-electron chi connectivity index (χ0n) is 11.5. The molecule has 0 bridgehead atoms. The van der Waals surface area contributed by atoms with Crippen molar-refractivity contribution < 1.29 is 18.0 Å². The van der Waals surface area contributed by atoms with Gasteiger partial charge in [0, 0.05) is 17.6 Å². The van der Waals surface area contributed by atoms with Crippen LogP contribution in [-0.2, 0) is 6.18 Å². The number of hydrogen-bond acceptors (Lipinski definition) is 1. The molecule has 6 heteroatoms. The second-order valence-corrected chi connectivity index (χ2v) is 6.16. The molecule has 1 aliphatic rings. The van der Waals surface area contributed by atoms with Crippen molar-refractivity contribution in [3.05, 3.63) is 33.8 Å². The molecule has 116 valence electrons. The molecule has 2 rings (SSSR count). The van der Waals surface area contributed by atoms with Gasteiger partial charge in [0.05, 0.1) is 11.1 Å². The van der Waals surface area contributed by atoms with Gasteiger partial charge in [0.15, 0.2) is 0 Å². The summed E-state index contributed by atoms with van der Waals surface area (Å²) in [5, 5.41) is 0. The van der Waals surface area contributed by atoms with Crippen LogP contribution in [0.5, 0.6) is 0 Å². The Labute approximate surface area is 130 Å². The quantitative estimate of drug-likeness (QED) is 0.696. The number of carbonyl (C=O) groups excluding carboxylic acids is 1. The number of hydrogen-bond donors (Lipinski definition) is 0. The fraction of sp³-hybridized carbons (Fsp3) is 0.533. The van der Waals surface area contributed by atoms with Gasteiger partial charge in [-0.05, 0) is 31.0 Å². The molecule has 2 nitrogen and oxygen atoms in total. The van der Waals surface area contributed by atoms with E-state index >= 15 is 0 Å². The number of nitrogens with zero attached hydrogens (tertiary/aromatic N) is 1. The summed E-state index contributed by atoms with van der Waals surface area (Å²) in [5.41, 5.74) is -1.13. The van der Waals surface area contributed by atoms with Crippen LogP contribution in [0.25, 0.3) is 0 Å². The summed E-state index contributed by atoms with van der Waals surface area (Å²) in [6.45, 7) is 1.07. The van der Waals surface area contributed by atoms with E-state index in [4.69, 9.17) is 0 Å². The molecule has 1 heterocycles. The minimum absolute atomic E-state index is 0.258. The maximum Gasteiger partial charge on any atom is 0.417 e. The fourth-order valence-electron chi connectivity index (χ4n) is 2.56. The van der Waals surface area contributed by atoms with Crippen molar-refractivity contribution in [2.24, 2.45) is 0 Å². The molecule has 0 aromatic heterocycles. The lowest BCUT2D eigenvalue weighted by molar-refractivity contribution is -0.138. The van der Waals surface area contributed by atoms with Crippen molar-refractivity contribution in [3.63, 3.8) is 0 Å². The van der Waals surface area contributed by atoms with Crippen molar-refractivity contribution in [2.75, 3.05) is 13.1 Å². The smallest absolute Gasteiger partial charge is 0.339 e. The summed E-state index contributed by atoms with van der Waals surface area (Å²) in [5.74, 6) is -0.517. The fourth-order valence-corrected chi connectivity index (χ4v) is 2.92. The topological polar surface area (TPSA) is 20.3 Å². The molecule has 0 unspecified atom stereocenters. The van der Waals surface area contributed by atoms with Gasteiger partial charge in [0.1, 0.15) is 0 Å². The Morgan fingerprint density at radius 2 is 1.62 bits per heavy atom. The highest BCUT2D eigenvalue weighted by atomic mass is 79.9. The first-order valence-electron chi connectivity index (χ1n) is 7.05. The first-order valence-corrected chi connectivity index (χ1v) is 7.85. The molecule has 1 fully saturated rings. The summed E-state index contributed by atoms with van der Waals surface area (Å²) >= 11 is 3.03. The Morgan fingerprint density at radius 1 is 1.05 bits per heavy atom. The number of benzene rings is 1. The van der Waals surface area contributed by atoms with E-state index in [2.05, 4.69) is 15.9 Å². The molecule has 0 saturated carbocycles. The minimum Gasteiger partial charge on any atom is -0.339 e. The number of alkyl halides is 3. The molecule has 0 aliphatic carbocycles. The van der Waals surface area contributed by atoms with E-state index in [-0.39, 0.29) is 5.56 Å². The lowest BCUT2D eigenvalue weighted by Gasteiger charge is -2.26. The minimum atomic E-state index is -4.53. The molecule has 1 aromatic rings. The van der Waals surface area contributed by atoms with Crippen molar-refractivity contribution in [1.82, 2.24) is 4.90 Å². The lowest BCUT2D eigenvalue weighted by atomic mass is 10.0. The molecule has 0 N–H and O–H groups in total. The van der Waals surface area contributed by atoms with Crippen LogP contribution >= 0.6 is 15.9 Å². The molecule has 21 heavy (non-hydrogen) atoms. The summed E-state index contributed by atoms with van der Waals surface area (Å²) in [6.07, 6.45) is 0.353. The van der Waals surface area contributed by atoms with Gasteiger partial charge in [0.2, 0.25) is 0 Å². The van der Waals surface area contributed by atoms with Gasteiger partial charge in [-0.3, -0.25) is 4.79 Å². The standard InChI is InChI=1S/C15H17BrF3NO/c16-11-6-7-12(13(10-11)15(17,18)19)14(21)20-8-4-2-1-3-5-9-20/h6-7,10H,1-5,8-9H2. The number of halogens is 4. The van der Waals surface area contributed by atoms with Gasteiger partial charge in [-0.2, -0.15) is 13.2 Å². The summed E-state index contributed by atoms with van der Waals surface area (Å²) in [7, 11) is 0. The Kier molecular flexibility index (Phi) is 5.30. The van der Waals surface area contributed by atoms with Crippen LogP contribution in [0.4, 0.5) is 13.2 Å². The first-order chi connectivity index (χ1) is 9.89. The predicted octanol–water partition coefficient (Wildman–Crippen LogP) is 4.87. The highest BCUT2D eigenvalue weighted by Crippen LogP contribution is 2.34. The Morgan fingerprint density at radius 3 is 2.19 bits per heavy atom. The molecular weight excluding hydrogens is 347 g/mol. The van der Waals surface area contributed by atoms with E-state index in [0.717, 1.165) is 38.2 Å². The van der Waals surface area contributed by atoms with Crippen molar-refractivity contribution in [1.29, 1.82) is 0 Å². The van der Waals surface area contributed by atoms with E-state index in [1.54, 1.807) is 4.90 Å². The van der Waals surface area contributed by atoms with Gasteiger partial charge in [-0.15, -0.1) is 0 Å². The monoisotopic (exact) mass is 363 g/mol. The maximum atomic E-state index is 13.1. The lowest BCUT2D eigenvalue weighted by Crippen LogP contribution is -2.35. The Balaban J connectivity index is 2.29. The summed E-state index contributed by atoms with van der Waals surface area (Å²) < 4.78 is 39.6. The number of carbonyl (C=O) groups is 1. The van der Waals surface area contributed by atoms with Gasteiger partial charge in [0.25, 0.3) is 5.91 Å². The van der Waals surface area contributed by atoms with Crippen LogP contribution in [0.2, 0.25) is 0 Å². The number of rotatable bonds is 1. The van der Waals surface area contributed by atoms with E-state index in [1.165, 1.54) is 12.1 Å². The summed E-state index contributed by atoms with van der Waals surface area (Å²) in [6, 6.07) is 3.71. The van der Waals surface area contributed by atoms with Crippen molar-refractivity contribution in [2.45, 2.75) is 38.3 Å². The van der Waals surface area contributed by atoms with Crippen LogP contribution in [-0.4, -0.2) is 23.9 Å². The number of amides is 1. The van der Waals surface area contributed by atoms with E-state index in [0.29, 0.717) is 17.6 Å². The zero-order chi connectivity index (χ0) is 15.5. The molecule has 0 radical (unpaired) electrons. The third-order valence-corrected chi connectivity index (χ3v) is 4.15. The van der Waals surface area contributed by atoms with Gasteiger partial charge < -0.3 is 4.90 Å². The molecule has 1 aromatic carbocycles. The first kappa shape index (κ1) is 16.3. The Bertz CT molecular complexity index is 508. The third kappa shape index (κ3) is 4.22. The number of likely N-dealkylation sites (tertiary alicyclic amines) is 1. The molecule has 1 amide bonds. The second-order valence-electron chi connectivity index (χ2n) is 5.25.